The second-order valence-corrected chi connectivity index (χ2v) is 9.44. The molecular weight excluding hydrogens is 444 g/mol. The van der Waals surface area contributed by atoms with E-state index in [0.29, 0.717) is 9.09 Å². The number of fused-ring (bicyclic) bond motifs is 3. The third kappa shape index (κ3) is 4.58. The first-order valence-corrected chi connectivity index (χ1v) is 11.7. The Morgan fingerprint density at radius 2 is 1.81 bits per heavy atom. The molecule has 3 amide bonds. The van der Waals surface area contributed by atoms with Crippen LogP contribution in [0.2, 0.25) is 0 Å². The molecule has 7 nitrogen and oxygen atoms in total. The number of benzene rings is 2. The van der Waals surface area contributed by atoms with Gasteiger partial charge in [-0.3, -0.25) is 10.4 Å². The van der Waals surface area contributed by atoms with Crippen LogP contribution in [0.25, 0.3) is 11.1 Å². The number of rotatable bonds is 6. The minimum absolute atomic E-state index is 0.0730. The van der Waals surface area contributed by atoms with Crippen LogP contribution < -0.4 is 5.32 Å². The van der Waals surface area contributed by atoms with Crippen molar-refractivity contribution in [2.45, 2.75) is 26.2 Å². The number of hydrogen-bond acceptors (Lipinski definition) is 6. The van der Waals surface area contributed by atoms with Gasteiger partial charge >= 0.3 is 12.1 Å². The Balaban J connectivity index is 1.51. The second kappa shape index (κ2) is 9.62. The molecule has 0 radical (unpaired) electrons. The molecule has 9 heteroatoms. The first-order chi connectivity index (χ1) is 15.5. The van der Waals surface area contributed by atoms with Gasteiger partial charge in [-0.25, -0.2) is 14.5 Å². The van der Waals surface area contributed by atoms with Gasteiger partial charge in [0.05, 0.1) is 0 Å². The van der Waals surface area contributed by atoms with E-state index in [9.17, 15) is 9.59 Å². The predicted molar refractivity (Wildman–Crippen MR) is 128 cm³/mol. The minimum Gasteiger partial charge on any atom is -0.448 e. The molecule has 0 aliphatic heterocycles. The summed E-state index contributed by atoms with van der Waals surface area (Å²) in [5.74, 6) is 0.0507. The number of aromatic amines is 1. The average Bonchev–Trinajstić information content (AvgIpc) is 3.36. The van der Waals surface area contributed by atoms with Crippen LogP contribution in [0.5, 0.6) is 0 Å². The standard InChI is InChI=1S/C23H24N4O3S2/c1-3-14(2)12-27(21(28)24-20-25-26-22(31)32-20)23(29)30-13-19-17-10-6-4-8-15(17)16-9-5-7-11-18(16)19/h4-11,14,19H,3,12-13H2,1-2H3,(H,26,31)(H,24,25,28). The van der Waals surface area contributed by atoms with Gasteiger partial charge in [0.2, 0.25) is 5.13 Å². The third-order valence-corrected chi connectivity index (χ3v) is 6.65. The zero-order chi connectivity index (χ0) is 22.7. The quantitative estimate of drug-likeness (QED) is 0.431. The van der Waals surface area contributed by atoms with Crippen LogP contribution in [0.4, 0.5) is 14.7 Å². The molecule has 0 bridgehead atoms. The average molecular weight is 469 g/mol. The SMILES string of the molecule is CCC(C)CN(C(=O)Nc1n[nH]c(=S)s1)C(=O)OCC1c2ccccc2-c2ccccc21. The van der Waals surface area contributed by atoms with Gasteiger partial charge in [0.1, 0.15) is 6.61 Å². The Morgan fingerprint density at radius 3 is 2.38 bits per heavy atom. The maximum Gasteiger partial charge on any atom is 0.418 e. The van der Waals surface area contributed by atoms with Crippen molar-refractivity contribution < 1.29 is 14.3 Å². The Hall–Kier alpha value is -3.04. The summed E-state index contributed by atoms with van der Waals surface area (Å²) in [6.45, 7) is 4.39. The molecule has 1 aliphatic rings. The molecule has 166 valence electrons. The predicted octanol–water partition coefficient (Wildman–Crippen LogP) is 6.03. The van der Waals surface area contributed by atoms with Crippen molar-refractivity contribution in [1.82, 2.24) is 15.1 Å². The second-order valence-electron chi connectivity index (χ2n) is 7.78. The molecule has 0 spiro atoms. The van der Waals surface area contributed by atoms with Crippen molar-refractivity contribution >= 4 is 40.8 Å². The monoisotopic (exact) mass is 468 g/mol. The fraction of sp³-hybridized carbons (Fsp3) is 0.304. The van der Waals surface area contributed by atoms with Gasteiger partial charge in [-0.05, 0) is 40.4 Å². The molecule has 1 atom stereocenters. The molecule has 3 aromatic rings. The fourth-order valence-corrected chi connectivity index (χ4v) is 4.57. The Labute approximate surface area is 195 Å². The summed E-state index contributed by atoms with van der Waals surface area (Å²) in [5.41, 5.74) is 4.54. The van der Waals surface area contributed by atoms with Crippen molar-refractivity contribution in [2.24, 2.45) is 5.92 Å². The first kappa shape index (κ1) is 22.2. The van der Waals surface area contributed by atoms with Crippen LogP contribution in [-0.2, 0) is 4.74 Å². The molecule has 0 fully saturated rings. The van der Waals surface area contributed by atoms with Crippen LogP contribution in [0.1, 0.15) is 37.3 Å². The zero-order valence-electron chi connectivity index (χ0n) is 17.8. The van der Waals surface area contributed by atoms with E-state index in [4.69, 9.17) is 17.0 Å². The number of imide groups is 1. The number of urea groups is 1. The smallest absolute Gasteiger partial charge is 0.418 e. The summed E-state index contributed by atoms with van der Waals surface area (Å²) in [6.07, 6.45) is 0.144. The number of anilines is 1. The summed E-state index contributed by atoms with van der Waals surface area (Å²) in [5, 5.41) is 9.48. The van der Waals surface area contributed by atoms with Crippen LogP contribution in [0, 0.1) is 9.87 Å². The van der Waals surface area contributed by atoms with E-state index in [0.717, 1.165) is 44.9 Å². The highest BCUT2D eigenvalue weighted by Gasteiger charge is 2.31. The highest BCUT2D eigenvalue weighted by Crippen LogP contribution is 2.44. The summed E-state index contributed by atoms with van der Waals surface area (Å²) in [4.78, 5) is 27.0. The molecule has 1 aromatic heterocycles. The molecule has 32 heavy (non-hydrogen) atoms. The lowest BCUT2D eigenvalue weighted by atomic mass is 9.98. The van der Waals surface area contributed by atoms with E-state index in [1.54, 1.807) is 0 Å². The van der Waals surface area contributed by atoms with Crippen LogP contribution in [0.3, 0.4) is 0 Å². The third-order valence-electron chi connectivity index (χ3n) is 5.64. The lowest BCUT2D eigenvalue weighted by Crippen LogP contribution is -2.43. The number of amides is 3. The number of carbonyl (C=O) groups excluding carboxylic acids is 2. The number of H-pyrrole nitrogens is 1. The number of aromatic nitrogens is 2. The Bertz CT molecular complexity index is 1140. The molecule has 2 aromatic carbocycles. The topological polar surface area (TPSA) is 87.3 Å². The van der Waals surface area contributed by atoms with Gasteiger partial charge in [-0.1, -0.05) is 80.1 Å². The van der Waals surface area contributed by atoms with Crippen LogP contribution in [0.15, 0.2) is 48.5 Å². The Morgan fingerprint density at radius 1 is 1.19 bits per heavy atom. The van der Waals surface area contributed by atoms with Crippen molar-refractivity contribution in [1.29, 1.82) is 0 Å². The van der Waals surface area contributed by atoms with E-state index in [-0.39, 0.29) is 25.0 Å². The van der Waals surface area contributed by atoms with Crippen LogP contribution in [-0.4, -0.2) is 40.4 Å². The lowest BCUT2D eigenvalue weighted by Gasteiger charge is -2.24. The highest BCUT2D eigenvalue weighted by atomic mass is 32.1. The molecule has 2 N–H and O–H groups in total. The number of ether oxygens (including phenoxy) is 1. The van der Waals surface area contributed by atoms with Crippen molar-refractivity contribution in [3.8, 4) is 11.1 Å². The maximum absolute atomic E-state index is 13.0. The van der Waals surface area contributed by atoms with Gasteiger partial charge in [-0.2, -0.15) is 0 Å². The molecule has 1 heterocycles. The van der Waals surface area contributed by atoms with Crippen molar-refractivity contribution in [3.63, 3.8) is 0 Å². The largest absolute Gasteiger partial charge is 0.448 e. The van der Waals surface area contributed by atoms with Gasteiger partial charge in [0.25, 0.3) is 0 Å². The fourth-order valence-electron chi connectivity index (χ4n) is 3.80. The zero-order valence-corrected chi connectivity index (χ0v) is 19.5. The lowest BCUT2D eigenvalue weighted by molar-refractivity contribution is 0.106. The molecule has 1 unspecified atom stereocenters. The summed E-state index contributed by atoms with van der Waals surface area (Å²) < 4.78 is 6.13. The normalized spacial score (nSPS) is 13.2. The number of carbonyl (C=O) groups is 2. The van der Waals surface area contributed by atoms with Gasteiger partial charge in [-0.15, -0.1) is 5.10 Å². The van der Waals surface area contributed by atoms with Crippen LogP contribution >= 0.6 is 23.6 Å². The van der Waals surface area contributed by atoms with Crippen molar-refractivity contribution in [2.75, 3.05) is 18.5 Å². The summed E-state index contributed by atoms with van der Waals surface area (Å²) in [7, 11) is 0. The summed E-state index contributed by atoms with van der Waals surface area (Å²) in [6, 6.07) is 15.7. The molecule has 1 aliphatic carbocycles. The maximum atomic E-state index is 13.0. The van der Waals surface area contributed by atoms with Gasteiger partial charge < -0.3 is 4.74 Å². The van der Waals surface area contributed by atoms with E-state index in [1.165, 1.54) is 0 Å². The summed E-state index contributed by atoms with van der Waals surface area (Å²) >= 11 is 6.13. The van der Waals surface area contributed by atoms with E-state index >= 15 is 0 Å². The first-order valence-electron chi connectivity index (χ1n) is 10.5. The number of nitrogens with one attached hydrogen (secondary N) is 2. The van der Waals surface area contributed by atoms with Gasteiger partial charge in [0.15, 0.2) is 3.95 Å². The highest BCUT2D eigenvalue weighted by molar-refractivity contribution is 7.73. The molecule has 0 saturated heterocycles. The van der Waals surface area contributed by atoms with E-state index in [2.05, 4.69) is 39.8 Å². The van der Waals surface area contributed by atoms with E-state index in [1.807, 2.05) is 38.1 Å². The molecule has 4 rings (SSSR count). The minimum atomic E-state index is -0.677. The number of hydrogen-bond donors (Lipinski definition) is 2. The van der Waals surface area contributed by atoms with Crippen molar-refractivity contribution in [3.05, 3.63) is 63.6 Å². The van der Waals surface area contributed by atoms with E-state index < -0.39 is 12.1 Å². The van der Waals surface area contributed by atoms with Gasteiger partial charge in [0, 0.05) is 12.5 Å². The molecular formula is C23H24N4O3S2. The number of nitrogens with zero attached hydrogens (tertiary/aromatic N) is 2. The Kier molecular flexibility index (Phi) is 6.66. The molecule has 0 saturated carbocycles.